The van der Waals surface area contributed by atoms with E-state index in [9.17, 15) is 0 Å². The van der Waals surface area contributed by atoms with Gasteiger partial charge in [-0.25, -0.2) is 0 Å². The van der Waals surface area contributed by atoms with Crippen molar-refractivity contribution in [1.29, 1.82) is 0 Å². The van der Waals surface area contributed by atoms with E-state index in [0.29, 0.717) is 0 Å². The summed E-state index contributed by atoms with van der Waals surface area (Å²) < 4.78 is 1.11. The fourth-order valence-corrected chi connectivity index (χ4v) is 3.29. The maximum absolute atomic E-state index is 5.76. The van der Waals surface area contributed by atoms with Gasteiger partial charge in [0.1, 0.15) is 0 Å². The third kappa shape index (κ3) is 2.51. The van der Waals surface area contributed by atoms with Crippen molar-refractivity contribution in [2.45, 2.75) is 20.3 Å². The molecule has 0 spiro atoms. The second-order valence-corrected chi connectivity index (χ2v) is 5.92. The van der Waals surface area contributed by atoms with Crippen molar-refractivity contribution in [2.24, 2.45) is 11.8 Å². The zero-order valence-corrected chi connectivity index (χ0v) is 11.5. The third-order valence-electron chi connectivity index (χ3n) is 3.18. The van der Waals surface area contributed by atoms with E-state index in [2.05, 4.69) is 40.7 Å². The van der Waals surface area contributed by atoms with Crippen molar-refractivity contribution < 1.29 is 0 Å². The van der Waals surface area contributed by atoms with Crippen molar-refractivity contribution >= 4 is 27.3 Å². The molecule has 1 saturated heterocycles. The number of anilines is 2. The van der Waals surface area contributed by atoms with Crippen LogP contribution in [0.2, 0.25) is 0 Å². The minimum atomic E-state index is 0.771. The van der Waals surface area contributed by atoms with Crippen LogP contribution in [0.25, 0.3) is 0 Å². The van der Waals surface area contributed by atoms with Crippen LogP contribution in [0.5, 0.6) is 0 Å². The zero-order valence-electron chi connectivity index (χ0n) is 9.91. The van der Waals surface area contributed by atoms with Crippen LogP contribution in [0, 0.1) is 11.8 Å². The Morgan fingerprint density at radius 2 is 1.88 bits per heavy atom. The van der Waals surface area contributed by atoms with Crippen LogP contribution in [0.15, 0.2) is 22.7 Å². The Hall–Kier alpha value is -0.700. The van der Waals surface area contributed by atoms with E-state index in [1.807, 2.05) is 12.1 Å². The molecule has 2 atom stereocenters. The molecule has 0 saturated carbocycles. The normalized spacial score (nSPS) is 25.8. The van der Waals surface area contributed by atoms with Crippen LogP contribution in [0.1, 0.15) is 20.3 Å². The molecule has 1 aliphatic rings. The molecular weight excluding hydrogens is 264 g/mol. The van der Waals surface area contributed by atoms with Crippen molar-refractivity contribution in [3.05, 3.63) is 22.7 Å². The lowest BCUT2D eigenvalue weighted by atomic mass is 9.91. The smallest absolute Gasteiger partial charge is 0.0512 e. The van der Waals surface area contributed by atoms with Gasteiger partial charge >= 0.3 is 0 Å². The Labute approximate surface area is 106 Å². The summed E-state index contributed by atoms with van der Waals surface area (Å²) in [6.45, 7) is 6.95. The van der Waals surface area contributed by atoms with Gasteiger partial charge in [-0.2, -0.15) is 0 Å². The first-order valence-electron chi connectivity index (χ1n) is 5.86. The van der Waals surface area contributed by atoms with E-state index >= 15 is 0 Å². The van der Waals surface area contributed by atoms with Gasteiger partial charge in [-0.3, -0.25) is 0 Å². The van der Waals surface area contributed by atoms with Crippen LogP contribution < -0.4 is 10.6 Å². The fourth-order valence-electron chi connectivity index (χ4n) is 2.64. The molecule has 2 rings (SSSR count). The van der Waals surface area contributed by atoms with E-state index in [0.717, 1.165) is 35.1 Å². The lowest BCUT2D eigenvalue weighted by Crippen LogP contribution is -2.38. The predicted molar refractivity (Wildman–Crippen MR) is 73.7 cm³/mol. The molecule has 2 nitrogen and oxygen atoms in total. The monoisotopic (exact) mass is 282 g/mol. The Balaban J connectivity index is 2.23. The largest absolute Gasteiger partial charge is 0.399 e. The van der Waals surface area contributed by atoms with E-state index in [1.165, 1.54) is 12.1 Å². The van der Waals surface area contributed by atoms with Crippen LogP contribution in [0.3, 0.4) is 0 Å². The van der Waals surface area contributed by atoms with Gasteiger partial charge in [-0.1, -0.05) is 13.8 Å². The van der Waals surface area contributed by atoms with Gasteiger partial charge in [0.25, 0.3) is 0 Å². The summed E-state index contributed by atoms with van der Waals surface area (Å²) in [6, 6.07) is 6.08. The Kier molecular flexibility index (Phi) is 3.43. The number of rotatable bonds is 1. The molecule has 1 heterocycles. The number of hydrogen-bond acceptors (Lipinski definition) is 2. The molecule has 16 heavy (non-hydrogen) atoms. The molecule has 3 heteroatoms. The molecule has 0 unspecified atom stereocenters. The minimum absolute atomic E-state index is 0.771. The fraction of sp³-hybridized carbons (Fsp3) is 0.538. The summed E-state index contributed by atoms with van der Waals surface area (Å²) in [7, 11) is 0. The lowest BCUT2D eigenvalue weighted by molar-refractivity contribution is 0.356. The summed E-state index contributed by atoms with van der Waals surface area (Å²) in [6.07, 6.45) is 1.34. The average Bonchev–Trinajstić information content (AvgIpc) is 2.15. The first kappa shape index (κ1) is 11.8. The number of nitrogens with two attached hydrogens (primary N) is 1. The average molecular weight is 283 g/mol. The number of halogens is 1. The molecule has 0 amide bonds. The van der Waals surface area contributed by atoms with Crippen LogP contribution in [-0.2, 0) is 0 Å². The molecule has 0 bridgehead atoms. The van der Waals surface area contributed by atoms with Crippen molar-refractivity contribution in [1.82, 2.24) is 0 Å². The maximum atomic E-state index is 5.76. The second-order valence-electron chi connectivity index (χ2n) is 5.06. The van der Waals surface area contributed by atoms with Gasteiger partial charge in [0, 0.05) is 23.2 Å². The summed E-state index contributed by atoms with van der Waals surface area (Å²) >= 11 is 3.60. The summed E-state index contributed by atoms with van der Waals surface area (Å²) in [5, 5.41) is 0. The highest BCUT2D eigenvalue weighted by Gasteiger charge is 2.23. The molecule has 1 fully saturated rings. The van der Waals surface area contributed by atoms with Gasteiger partial charge < -0.3 is 10.6 Å². The second kappa shape index (κ2) is 4.66. The first-order valence-corrected chi connectivity index (χ1v) is 6.65. The molecule has 0 aliphatic carbocycles. The highest BCUT2D eigenvalue weighted by molar-refractivity contribution is 9.10. The summed E-state index contributed by atoms with van der Waals surface area (Å²) in [4.78, 5) is 2.46. The number of nitrogen functional groups attached to an aromatic ring is 1. The number of nitrogens with zero attached hydrogens (tertiary/aromatic N) is 1. The van der Waals surface area contributed by atoms with Gasteiger partial charge in [-0.15, -0.1) is 0 Å². The maximum Gasteiger partial charge on any atom is 0.0512 e. The van der Waals surface area contributed by atoms with Crippen molar-refractivity contribution in [3.63, 3.8) is 0 Å². The standard InChI is InChI=1S/C13H19BrN2/c1-9-5-10(2)8-16(7-9)13-4-3-11(15)6-12(13)14/h3-4,6,9-10H,5,7-8,15H2,1-2H3/t9-,10-/m1/s1. The summed E-state index contributed by atoms with van der Waals surface area (Å²) in [5.41, 5.74) is 7.85. The quantitative estimate of drug-likeness (QED) is 0.799. The predicted octanol–water partition coefficient (Wildman–Crippen LogP) is 3.51. The number of hydrogen-bond donors (Lipinski definition) is 1. The van der Waals surface area contributed by atoms with E-state index < -0.39 is 0 Å². The van der Waals surface area contributed by atoms with E-state index in [4.69, 9.17) is 5.73 Å². The SMILES string of the molecule is C[C@@H]1C[C@@H](C)CN(c2ccc(N)cc2Br)C1. The first-order chi connectivity index (χ1) is 7.56. The molecule has 88 valence electrons. The molecule has 2 N–H and O–H groups in total. The molecule has 0 radical (unpaired) electrons. The number of benzene rings is 1. The third-order valence-corrected chi connectivity index (χ3v) is 3.82. The topological polar surface area (TPSA) is 29.3 Å². The molecule has 0 aromatic heterocycles. The highest BCUT2D eigenvalue weighted by Crippen LogP contribution is 2.32. The van der Waals surface area contributed by atoms with Gasteiger partial charge in [0.05, 0.1) is 5.69 Å². The Morgan fingerprint density at radius 1 is 1.25 bits per heavy atom. The molecular formula is C13H19BrN2. The lowest BCUT2D eigenvalue weighted by Gasteiger charge is -2.37. The van der Waals surface area contributed by atoms with Crippen LogP contribution in [0.4, 0.5) is 11.4 Å². The van der Waals surface area contributed by atoms with Gasteiger partial charge in [0.2, 0.25) is 0 Å². The van der Waals surface area contributed by atoms with E-state index in [-0.39, 0.29) is 0 Å². The Morgan fingerprint density at radius 3 is 2.44 bits per heavy atom. The molecule has 1 aromatic rings. The van der Waals surface area contributed by atoms with Crippen molar-refractivity contribution in [3.8, 4) is 0 Å². The van der Waals surface area contributed by atoms with Crippen LogP contribution >= 0.6 is 15.9 Å². The highest BCUT2D eigenvalue weighted by atomic mass is 79.9. The number of piperidine rings is 1. The molecule has 1 aromatic carbocycles. The van der Waals surface area contributed by atoms with Crippen molar-refractivity contribution in [2.75, 3.05) is 23.7 Å². The molecule has 1 aliphatic heterocycles. The van der Waals surface area contributed by atoms with E-state index in [1.54, 1.807) is 0 Å². The Bertz CT molecular complexity index is 368. The van der Waals surface area contributed by atoms with Gasteiger partial charge in [-0.05, 0) is 52.4 Å². The summed E-state index contributed by atoms with van der Waals surface area (Å²) in [5.74, 6) is 1.54. The minimum Gasteiger partial charge on any atom is -0.399 e. The van der Waals surface area contributed by atoms with Gasteiger partial charge in [0.15, 0.2) is 0 Å². The zero-order chi connectivity index (χ0) is 11.7. The van der Waals surface area contributed by atoms with Crippen LogP contribution in [-0.4, -0.2) is 13.1 Å².